The van der Waals surface area contributed by atoms with Crippen LogP contribution in [0.1, 0.15) is 40.9 Å². The summed E-state index contributed by atoms with van der Waals surface area (Å²) in [5.41, 5.74) is 0.557. The highest BCUT2D eigenvalue weighted by molar-refractivity contribution is 5.64. The summed E-state index contributed by atoms with van der Waals surface area (Å²) >= 11 is 0. The van der Waals surface area contributed by atoms with E-state index in [0.717, 1.165) is 0 Å². The first-order valence-corrected chi connectivity index (χ1v) is 14.3. The van der Waals surface area contributed by atoms with Crippen molar-refractivity contribution in [1.29, 1.82) is 0 Å². The van der Waals surface area contributed by atoms with Crippen LogP contribution in [-0.4, -0.2) is 131 Å². The number of aliphatic hydroxyl groups is 10. The van der Waals surface area contributed by atoms with Gasteiger partial charge in [-0.25, -0.2) is 0 Å². The number of hydrogen-bond donors (Lipinski definition) is 11. The third-order valence-corrected chi connectivity index (χ3v) is 8.34. The van der Waals surface area contributed by atoms with E-state index in [9.17, 15) is 56.2 Å². The lowest BCUT2D eigenvalue weighted by Gasteiger charge is -2.42. The summed E-state index contributed by atoms with van der Waals surface area (Å²) in [6, 6.07) is 6.05. The Labute approximate surface area is 256 Å². The van der Waals surface area contributed by atoms with Gasteiger partial charge in [0.1, 0.15) is 77.9 Å². The van der Waals surface area contributed by atoms with Crippen LogP contribution in [0.5, 0.6) is 23.0 Å². The number of fused-ring (bicyclic) bond motifs is 1. The van der Waals surface area contributed by atoms with E-state index in [4.69, 9.17) is 23.7 Å². The van der Waals surface area contributed by atoms with Crippen molar-refractivity contribution in [2.24, 2.45) is 0 Å². The lowest BCUT2D eigenvalue weighted by atomic mass is 9.90. The van der Waals surface area contributed by atoms with Crippen molar-refractivity contribution in [3.8, 4) is 23.0 Å². The molecule has 2 saturated heterocycles. The molecule has 16 nitrogen and oxygen atoms in total. The first kappa shape index (κ1) is 33.5. The molecule has 0 radical (unpaired) electrons. The van der Waals surface area contributed by atoms with Gasteiger partial charge in [0, 0.05) is 12.0 Å². The maximum Gasteiger partial charge on any atom is 0.229 e. The molecule has 3 heterocycles. The van der Waals surface area contributed by atoms with E-state index in [1.807, 2.05) is 0 Å². The van der Waals surface area contributed by atoms with Gasteiger partial charge in [0.15, 0.2) is 0 Å². The molecule has 45 heavy (non-hydrogen) atoms. The van der Waals surface area contributed by atoms with Crippen molar-refractivity contribution in [1.82, 2.24) is 0 Å². The molecule has 3 aliphatic heterocycles. The number of benzene rings is 2. The van der Waals surface area contributed by atoms with E-state index in [1.54, 1.807) is 12.1 Å². The van der Waals surface area contributed by atoms with Crippen LogP contribution in [0, 0.1) is 6.92 Å². The second-order valence-corrected chi connectivity index (χ2v) is 11.2. The zero-order valence-corrected chi connectivity index (χ0v) is 24.0. The van der Waals surface area contributed by atoms with Crippen molar-refractivity contribution in [3.05, 3.63) is 46.5 Å². The molecule has 2 aromatic carbocycles. The number of aromatic hydroxyl groups is 1. The Morgan fingerprint density at radius 2 is 1.22 bits per heavy atom. The molecular formula is C29H38O16. The van der Waals surface area contributed by atoms with Gasteiger partial charge in [-0.1, -0.05) is 12.1 Å². The SMILES string of the molecule is Cc1c(O[C@@H]2O[C@H](CO)[C@@H](O)[C@H](O)[C@H]2O)c(CO)c(O[C@@H]2O[C@H](CO)[C@@H](O)[C@H](O)[C@H]2O)c2c1O[C@H](c1ccc(O)cc1)C[C@H]2O. The van der Waals surface area contributed by atoms with E-state index >= 15 is 0 Å². The quantitative estimate of drug-likeness (QED) is 0.138. The van der Waals surface area contributed by atoms with Gasteiger partial charge in [-0.3, -0.25) is 0 Å². The number of hydrogen-bond acceptors (Lipinski definition) is 16. The van der Waals surface area contributed by atoms with Crippen molar-refractivity contribution in [2.75, 3.05) is 13.2 Å². The van der Waals surface area contributed by atoms with Crippen molar-refractivity contribution in [2.45, 2.75) is 93.6 Å². The minimum Gasteiger partial charge on any atom is -0.508 e. The maximum absolute atomic E-state index is 11.4. The first-order valence-electron chi connectivity index (χ1n) is 14.3. The monoisotopic (exact) mass is 642 g/mol. The zero-order valence-electron chi connectivity index (χ0n) is 24.0. The molecule has 0 aliphatic carbocycles. The van der Waals surface area contributed by atoms with E-state index in [1.165, 1.54) is 19.1 Å². The first-order chi connectivity index (χ1) is 21.4. The Morgan fingerprint density at radius 3 is 1.71 bits per heavy atom. The van der Waals surface area contributed by atoms with E-state index in [0.29, 0.717) is 5.56 Å². The Bertz CT molecular complexity index is 1320. The number of ether oxygens (including phenoxy) is 5. The summed E-state index contributed by atoms with van der Waals surface area (Å²) in [6.07, 6.45) is -19.0. The van der Waals surface area contributed by atoms with Crippen LogP contribution in [-0.2, 0) is 16.1 Å². The largest absolute Gasteiger partial charge is 0.508 e. The molecule has 0 spiro atoms. The van der Waals surface area contributed by atoms with Crippen molar-refractivity contribution >= 4 is 0 Å². The average Bonchev–Trinajstić information content (AvgIpc) is 3.03. The number of rotatable bonds is 8. The fourth-order valence-corrected chi connectivity index (χ4v) is 5.76. The van der Waals surface area contributed by atoms with Crippen LogP contribution in [0.25, 0.3) is 0 Å². The van der Waals surface area contributed by atoms with E-state index < -0.39 is 93.4 Å². The van der Waals surface area contributed by atoms with Gasteiger partial charge < -0.3 is 79.9 Å². The molecule has 2 aromatic rings. The van der Waals surface area contributed by atoms with Gasteiger partial charge in [-0.05, 0) is 24.6 Å². The highest BCUT2D eigenvalue weighted by Gasteiger charge is 2.48. The van der Waals surface area contributed by atoms with Gasteiger partial charge in [0.25, 0.3) is 0 Å². The lowest BCUT2D eigenvalue weighted by Crippen LogP contribution is -2.60. The van der Waals surface area contributed by atoms with Crippen molar-refractivity contribution in [3.63, 3.8) is 0 Å². The average molecular weight is 643 g/mol. The third-order valence-electron chi connectivity index (χ3n) is 8.34. The number of phenolic OH excluding ortho intramolecular Hbond substituents is 1. The molecule has 16 heteroatoms. The molecule has 3 aliphatic rings. The third kappa shape index (κ3) is 6.17. The fourth-order valence-electron chi connectivity index (χ4n) is 5.76. The summed E-state index contributed by atoms with van der Waals surface area (Å²) in [4.78, 5) is 0. The second-order valence-electron chi connectivity index (χ2n) is 11.2. The lowest BCUT2D eigenvalue weighted by molar-refractivity contribution is -0.279. The zero-order chi connectivity index (χ0) is 32.7. The maximum atomic E-state index is 11.4. The minimum atomic E-state index is -1.87. The molecule has 12 atom stereocenters. The molecule has 5 rings (SSSR count). The van der Waals surface area contributed by atoms with Crippen LogP contribution in [0.3, 0.4) is 0 Å². The van der Waals surface area contributed by atoms with Crippen LogP contribution >= 0.6 is 0 Å². The minimum absolute atomic E-state index is 0.00436. The van der Waals surface area contributed by atoms with Crippen LogP contribution in [0.2, 0.25) is 0 Å². The summed E-state index contributed by atoms with van der Waals surface area (Å²) in [6.45, 7) is -0.840. The molecule has 0 amide bonds. The number of aliphatic hydroxyl groups excluding tert-OH is 10. The van der Waals surface area contributed by atoms with Crippen molar-refractivity contribution < 1.29 is 79.9 Å². The molecule has 11 N–H and O–H groups in total. The van der Waals surface area contributed by atoms with Crippen LogP contribution < -0.4 is 14.2 Å². The Morgan fingerprint density at radius 1 is 0.711 bits per heavy atom. The summed E-state index contributed by atoms with van der Waals surface area (Å²) in [5, 5.41) is 113. The predicted octanol–water partition coefficient (Wildman–Crippen LogP) is -2.89. The van der Waals surface area contributed by atoms with Gasteiger partial charge in [0.05, 0.1) is 37.1 Å². The molecule has 0 aromatic heterocycles. The molecule has 0 unspecified atom stereocenters. The standard InChI is InChI=1S/C29H38O16/c1-10-25(44-28-23(39)21(37)19(35)16(8-31)42-28)13(7-30)27(45-29-24(40)22(38)20(36)17(9-32)43-29)18-14(34)6-15(41-26(10)18)11-2-4-12(33)5-3-11/h2-5,14-17,19-24,28-40H,6-9H2,1H3/t14-,15+,16-,17-,19-,20-,21+,22+,23-,24-,28+,29+/m1/s1. The molecule has 0 bridgehead atoms. The van der Waals surface area contributed by atoms with E-state index in [2.05, 4.69) is 0 Å². The number of phenols is 1. The van der Waals surface area contributed by atoms with Crippen LogP contribution in [0.15, 0.2) is 24.3 Å². The summed E-state index contributed by atoms with van der Waals surface area (Å²) in [5.74, 6) is -0.551. The molecule has 0 saturated carbocycles. The van der Waals surface area contributed by atoms with E-state index in [-0.39, 0.29) is 46.1 Å². The smallest absolute Gasteiger partial charge is 0.229 e. The van der Waals surface area contributed by atoms with Gasteiger partial charge in [0.2, 0.25) is 12.6 Å². The highest BCUT2D eigenvalue weighted by Crippen LogP contribution is 2.53. The molecular weight excluding hydrogens is 604 g/mol. The highest BCUT2D eigenvalue weighted by atomic mass is 16.7. The second kappa shape index (κ2) is 13.5. The van der Waals surface area contributed by atoms with Gasteiger partial charge in [-0.2, -0.15) is 0 Å². The summed E-state index contributed by atoms with van der Waals surface area (Å²) in [7, 11) is 0. The van der Waals surface area contributed by atoms with Gasteiger partial charge in [-0.15, -0.1) is 0 Å². The normalized spacial score (nSPS) is 36.6. The predicted molar refractivity (Wildman–Crippen MR) is 147 cm³/mol. The Balaban J connectivity index is 1.62. The van der Waals surface area contributed by atoms with Gasteiger partial charge >= 0.3 is 0 Å². The van der Waals surface area contributed by atoms with Crippen LogP contribution in [0.4, 0.5) is 0 Å². The molecule has 2 fully saturated rings. The Hall–Kier alpha value is -2.84. The topological polar surface area (TPSA) is 269 Å². The summed E-state index contributed by atoms with van der Waals surface area (Å²) < 4.78 is 29.2. The Kier molecular flexibility index (Phi) is 10.0. The fraction of sp³-hybridized carbons (Fsp3) is 0.586. The molecule has 250 valence electrons.